The van der Waals surface area contributed by atoms with Crippen LogP contribution >= 0.6 is 23.4 Å². The third-order valence-corrected chi connectivity index (χ3v) is 6.63. The van der Waals surface area contributed by atoms with Crippen molar-refractivity contribution in [3.8, 4) is 23.1 Å². The zero-order valence-electron chi connectivity index (χ0n) is 17.3. The van der Waals surface area contributed by atoms with Crippen molar-refractivity contribution in [2.75, 3.05) is 5.75 Å². The Kier molecular flexibility index (Phi) is 6.03. The summed E-state index contributed by atoms with van der Waals surface area (Å²) in [5.41, 5.74) is 2.08. The van der Waals surface area contributed by atoms with Gasteiger partial charge < -0.3 is 5.32 Å². The Morgan fingerprint density at radius 2 is 1.97 bits per heavy atom. The molecule has 1 unspecified atom stereocenters. The van der Waals surface area contributed by atoms with E-state index >= 15 is 0 Å². The molecule has 3 aromatic rings. The largest absolute Gasteiger partial charge is 0.337 e. The SMILES string of the molecule is Cc1ccccc1-n1c(SCC(=O)NC(C)(C#N)C2CC2)nnc1-c1ccc(Cl)cc1. The molecule has 2 aromatic carbocycles. The van der Waals surface area contributed by atoms with Gasteiger partial charge in [0.1, 0.15) is 5.54 Å². The van der Waals surface area contributed by atoms with Gasteiger partial charge in [-0.3, -0.25) is 9.36 Å². The van der Waals surface area contributed by atoms with Crippen molar-refractivity contribution < 1.29 is 4.79 Å². The number of benzene rings is 2. The molecule has 1 N–H and O–H groups in total. The van der Waals surface area contributed by atoms with Crippen molar-refractivity contribution >= 4 is 29.3 Å². The topological polar surface area (TPSA) is 83.6 Å². The normalized spacial score (nSPS) is 15.2. The van der Waals surface area contributed by atoms with Crippen LogP contribution in [0.2, 0.25) is 5.02 Å². The van der Waals surface area contributed by atoms with Gasteiger partial charge in [0.25, 0.3) is 0 Å². The van der Waals surface area contributed by atoms with Crippen molar-refractivity contribution in [3.05, 3.63) is 59.1 Å². The molecule has 0 saturated heterocycles. The molecule has 0 radical (unpaired) electrons. The number of carbonyl (C=O) groups excluding carboxylic acids is 1. The minimum atomic E-state index is -0.810. The predicted molar refractivity (Wildman–Crippen MR) is 122 cm³/mol. The zero-order valence-corrected chi connectivity index (χ0v) is 18.9. The molecule has 4 rings (SSSR count). The molecule has 1 aliphatic carbocycles. The molecule has 31 heavy (non-hydrogen) atoms. The highest BCUT2D eigenvalue weighted by Gasteiger charge is 2.43. The molecule has 8 heteroatoms. The number of rotatable bonds is 7. The van der Waals surface area contributed by atoms with Crippen LogP contribution in [0.5, 0.6) is 0 Å². The molecule has 0 spiro atoms. The number of hydrogen-bond donors (Lipinski definition) is 1. The number of amides is 1. The van der Waals surface area contributed by atoms with Gasteiger partial charge in [0.15, 0.2) is 11.0 Å². The monoisotopic (exact) mass is 451 g/mol. The van der Waals surface area contributed by atoms with Gasteiger partial charge in [-0.1, -0.05) is 41.6 Å². The van der Waals surface area contributed by atoms with Crippen LogP contribution in [0.1, 0.15) is 25.3 Å². The van der Waals surface area contributed by atoms with Crippen LogP contribution in [0.4, 0.5) is 0 Å². The third-order valence-electron chi connectivity index (χ3n) is 5.45. The van der Waals surface area contributed by atoms with E-state index in [1.54, 1.807) is 6.92 Å². The lowest BCUT2D eigenvalue weighted by atomic mass is 9.98. The van der Waals surface area contributed by atoms with Crippen molar-refractivity contribution in [1.29, 1.82) is 5.26 Å². The summed E-state index contributed by atoms with van der Waals surface area (Å²) in [6.07, 6.45) is 1.95. The van der Waals surface area contributed by atoms with E-state index in [0.29, 0.717) is 16.0 Å². The Morgan fingerprint density at radius 3 is 2.61 bits per heavy atom. The summed E-state index contributed by atoms with van der Waals surface area (Å²) in [7, 11) is 0. The van der Waals surface area contributed by atoms with Gasteiger partial charge >= 0.3 is 0 Å². The molecule has 0 aliphatic heterocycles. The van der Waals surface area contributed by atoms with E-state index in [0.717, 1.165) is 29.7 Å². The Bertz CT molecular complexity index is 1150. The quantitative estimate of drug-likeness (QED) is 0.522. The lowest BCUT2D eigenvalue weighted by Gasteiger charge is -2.22. The average molecular weight is 452 g/mol. The number of carbonyl (C=O) groups is 1. The summed E-state index contributed by atoms with van der Waals surface area (Å²) in [5.74, 6) is 0.870. The Morgan fingerprint density at radius 1 is 1.26 bits per heavy atom. The Balaban J connectivity index is 1.62. The lowest BCUT2D eigenvalue weighted by Crippen LogP contribution is -2.47. The van der Waals surface area contributed by atoms with E-state index < -0.39 is 5.54 Å². The van der Waals surface area contributed by atoms with Gasteiger partial charge in [0.05, 0.1) is 17.5 Å². The smallest absolute Gasteiger partial charge is 0.231 e. The molecular formula is C23H22ClN5OS. The second kappa shape index (κ2) is 8.74. The van der Waals surface area contributed by atoms with Crippen LogP contribution in [-0.2, 0) is 4.79 Å². The summed E-state index contributed by atoms with van der Waals surface area (Å²) >= 11 is 7.35. The van der Waals surface area contributed by atoms with Crippen LogP contribution in [0.15, 0.2) is 53.7 Å². The minimum Gasteiger partial charge on any atom is -0.337 e. The van der Waals surface area contributed by atoms with E-state index in [1.807, 2.05) is 60.0 Å². The molecule has 1 saturated carbocycles. The van der Waals surface area contributed by atoms with Crippen LogP contribution < -0.4 is 5.32 Å². The van der Waals surface area contributed by atoms with E-state index in [1.165, 1.54) is 11.8 Å². The lowest BCUT2D eigenvalue weighted by molar-refractivity contribution is -0.119. The molecular weight excluding hydrogens is 430 g/mol. The number of nitrogens with one attached hydrogen (secondary N) is 1. The standard InChI is InChI=1S/C23H22ClN5OS/c1-15-5-3-4-6-19(15)29-21(16-7-11-18(24)12-8-16)27-28-22(29)31-13-20(30)26-23(2,14-25)17-9-10-17/h3-8,11-12,17H,9-10,13H2,1-2H3,(H,26,30). The van der Waals surface area contributed by atoms with Crippen molar-refractivity contribution in [2.45, 2.75) is 37.4 Å². The van der Waals surface area contributed by atoms with Gasteiger partial charge in [-0.25, -0.2) is 0 Å². The highest BCUT2D eigenvalue weighted by atomic mass is 35.5. The molecule has 1 atom stereocenters. The maximum Gasteiger partial charge on any atom is 0.231 e. The number of hydrogen-bond acceptors (Lipinski definition) is 5. The van der Waals surface area contributed by atoms with Crippen LogP contribution in [0.3, 0.4) is 0 Å². The molecule has 1 amide bonds. The second-order valence-corrected chi connectivity index (χ2v) is 9.24. The van der Waals surface area contributed by atoms with Crippen molar-refractivity contribution in [1.82, 2.24) is 20.1 Å². The van der Waals surface area contributed by atoms with Crippen molar-refractivity contribution in [3.63, 3.8) is 0 Å². The molecule has 1 fully saturated rings. The van der Waals surface area contributed by atoms with Crippen molar-refractivity contribution in [2.24, 2.45) is 5.92 Å². The average Bonchev–Trinajstić information content (AvgIpc) is 3.54. The summed E-state index contributed by atoms with van der Waals surface area (Å²) < 4.78 is 1.96. The molecule has 1 aromatic heterocycles. The third kappa shape index (κ3) is 4.60. The number of halogens is 1. The number of nitrogens with zero attached hydrogens (tertiary/aromatic N) is 4. The maximum absolute atomic E-state index is 12.6. The highest BCUT2D eigenvalue weighted by Crippen LogP contribution is 2.39. The fraction of sp³-hybridized carbons (Fsp3) is 0.304. The minimum absolute atomic E-state index is 0.147. The summed E-state index contributed by atoms with van der Waals surface area (Å²) in [4.78, 5) is 12.6. The number of para-hydroxylation sites is 1. The summed E-state index contributed by atoms with van der Waals surface area (Å²) in [6.45, 7) is 3.82. The van der Waals surface area contributed by atoms with E-state index in [2.05, 4.69) is 21.6 Å². The van der Waals surface area contributed by atoms with Gasteiger partial charge in [-0.2, -0.15) is 5.26 Å². The molecule has 1 aliphatic rings. The summed E-state index contributed by atoms with van der Waals surface area (Å²) in [6, 6.07) is 17.7. The van der Waals surface area contributed by atoms with Crippen LogP contribution in [0, 0.1) is 24.2 Å². The van der Waals surface area contributed by atoms with Gasteiger partial charge in [0, 0.05) is 10.6 Å². The highest BCUT2D eigenvalue weighted by molar-refractivity contribution is 7.99. The number of aromatic nitrogens is 3. The Hall–Kier alpha value is -2.82. The number of thioether (sulfide) groups is 1. The van der Waals surface area contributed by atoms with Gasteiger partial charge in [-0.05, 0) is 68.5 Å². The van der Waals surface area contributed by atoms with E-state index in [4.69, 9.17) is 11.6 Å². The van der Waals surface area contributed by atoms with E-state index in [-0.39, 0.29) is 17.6 Å². The fourth-order valence-electron chi connectivity index (χ4n) is 3.52. The first-order chi connectivity index (χ1) is 14.9. The van der Waals surface area contributed by atoms with Crippen LogP contribution in [0.25, 0.3) is 17.1 Å². The van der Waals surface area contributed by atoms with Gasteiger partial charge in [0.2, 0.25) is 5.91 Å². The number of nitriles is 1. The Labute approximate surface area is 190 Å². The first-order valence-electron chi connectivity index (χ1n) is 10.0. The maximum atomic E-state index is 12.6. The summed E-state index contributed by atoms with van der Waals surface area (Å²) in [5, 5.41) is 22.4. The molecule has 0 bridgehead atoms. The predicted octanol–water partition coefficient (Wildman–Crippen LogP) is 4.80. The van der Waals surface area contributed by atoms with Crippen LogP contribution in [-0.4, -0.2) is 32.0 Å². The fourth-order valence-corrected chi connectivity index (χ4v) is 4.39. The number of aryl methyl sites for hydroxylation is 1. The second-order valence-electron chi connectivity index (χ2n) is 7.86. The zero-order chi connectivity index (χ0) is 22.0. The molecule has 6 nitrogen and oxygen atoms in total. The first kappa shape index (κ1) is 21.4. The van der Waals surface area contributed by atoms with E-state index in [9.17, 15) is 10.1 Å². The molecule has 158 valence electrons. The molecule has 1 heterocycles. The first-order valence-corrected chi connectivity index (χ1v) is 11.4. The van der Waals surface area contributed by atoms with Gasteiger partial charge in [-0.15, -0.1) is 10.2 Å².